The van der Waals surface area contributed by atoms with Gasteiger partial charge in [0.15, 0.2) is 0 Å². The molecule has 8 heteroatoms. The van der Waals surface area contributed by atoms with Crippen molar-refractivity contribution in [1.82, 2.24) is 4.90 Å². The summed E-state index contributed by atoms with van der Waals surface area (Å²) < 4.78 is 27.8. The van der Waals surface area contributed by atoms with Crippen LogP contribution >= 0.6 is 0 Å². The predicted molar refractivity (Wildman–Crippen MR) is 85.6 cm³/mol. The third-order valence-corrected chi connectivity index (χ3v) is 4.07. The molecule has 0 atom stereocenters. The molecule has 0 spiro atoms. The Kier molecular flexibility index (Phi) is 6.71. The zero-order chi connectivity index (χ0) is 17.6. The summed E-state index contributed by atoms with van der Waals surface area (Å²) in [7, 11) is -2.88. The van der Waals surface area contributed by atoms with E-state index < -0.39 is 16.0 Å². The number of rotatable bonds is 7. The molecule has 2 N–H and O–H groups in total. The summed E-state index contributed by atoms with van der Waals surface area (Å²) >= 11 is 0. The SMILES string of the molecule is CCCN(CCC)C(=O)c1cc(C(=O)OC)cc(S(N)(=O)=O)c1. The van der Waals surface area contributed by atoms with Crippen LogP contribution in [0.5, 0.6) is 0 Å². The van der Waals surface area contributed by atoms with Crippen LogP contribution < -0.4 is 5.14 Å². The third kappa shape index (κ3) is 5.04. The van der Waals surface area contributed by atoms with Gasteiger partial charge in [-0.3, -0.25) is 4.79 Å². The number of nitrogens with two attached hydrogens (primary N) is 1. The number of amides is 1. The lowest BCUT2D eigenvalue weighted by atomic mass is 10.1. The van der Waals surface area contributed by atoms with Gasteiger partial charge in [0.05, 0.1) is 17.6 Å². The van der Waals surface area contributed by atoms with E-state index in [1.54, 1.807) is 4.90 Å². The average molecular weight is 342 g/mol. The Morgan fingerprint density at radius 2 is 1.61 bits per heavy atom. The van der Waals surface area contributed by atoms with Gasteiger partial charge in [-0.15, -0.1) is 0 Å². The van der Waals surface area contributed by atoms with Gasteiger partial charge >= 0.3 is 5.97 Å². The maximum Gasteiger partial charge on any atom is 0.337 e. The topological polar surface area (TPSA) is 107 Å². The van der Waals surface area contributed by atoms with Gasteiger partial charge in [-0.2, -0.15) is 0 Å². The average Bonchev–Trinajstić information content (AvgIpc) is 2.51. The summed E-state index contributed by atoms with van der Waals surface area (Å²) in [4.78, 5) is 25.6. The van der Waals surface area contributed by atoms with E-state index in [9.17, 15) is 18.0 Å². The summed E-state index contributed by atoms with van der Waals surface area (Å²) in [6, 6.07) is 3.60. The third-order valence-electron chi connectivity index (χ3n) is 3.18. The van der Waals surface area contributed by atoms with Crippen molar-refractivity contribution in [3.63, 3.8) is 0 Å². The lowest BCUT2D eigenvalue weighted by Gasteiger charge is -2.22. The Hall–Kier alpha value is -1.93. The van der Waals surface area contributed by atoms with Gasteiger partial charge in [0.2, 0.25) is 10.0 Å². The Labute approximate surface area is 136 Å². The van der Waals surface area contributed by atoms with E-state index in [2.05, 4.69) is 4.74 Å². The minimum atomic E-state index is -4.05. The molecule has 23 heavy (non-hydrogen) atoms. The van der Waals surface area contributed by atoms with Crippen LogP contribution in [0.3, 0.4) is 0 Å². The largest absolute Gasteiger partial charge is 0.465 e. The zero-order valence-corrected chi connectivity index (χ0v) is 14.4. The first kappa shape index (κ1) is 19.1. The maximum atomic E-state index is 12.6. The fraction of sp³-hybridized carbons (Fsp3) is 0.467. The maximum absolute atomic E-state index is 12.6. The van der Waals surface area contributed by atoms with Crippen molar-refractivity contribution in [1.29, 1.82) is 0 Å². The standard InChI is InChI=1S/C15H22N2O5S/c1-4-6-17(7-5-2)14(18)11-8-12(15(19)22-3)10-13(9-11)23(16,20)21/h8-10H,4-7H2,1-3H3,(H2,16,20,21). The highest BCUT2D eigenvalue weighted by molar-refractivity contribution is 7.89. The molecule has 0 bridgehead atoms. The van der Waals surface area contributed by atoms with Crippen LogP contribution in [0.25, 0.3) is 0 Å². The second-order valence-electron chi connectivity index (χ2n) is 5.07. The van der Waals surface area contributed by atoms with Crippen molar-refractivity contribution in [3.8, 4) is 0 Å². The predicted octanol–water partition coefficient (Wildman–Crippen LogP) is 1.38. The normalized spacial score (nSPS) is 11.1. The smallest absolute Gasteiger partial charge is 0.337 e. The van der Waals surface area contributed by atoms with Crippen LogP contribution in [0.1, 0.15) is 47.4 Å². The molecule has 0 radical (unpaired) electrons. The highest BCUT2D eigenvalue weighted by Gasteiger charge is 2.21. The van der Waals surface area contributed by atoms with Crippen LogP contribution in [0.2, 0.25) is 0 Å². The minimum Gasteiger partial charge on any atom is -0.465 e. The number of methoxy groups -OCH3 is 1. The van der Waals surface area contributed by atoms with Gasteiger partial charge in [-0.25, -0.2) is 18.4 Å². The molecule has 0 fully saturated rings. The molecule has 0 aromatic heterocycles. The van der Waals surface area contributed by atoms with Crippen molar-refractivity contribution in [3.05, 3.63) is 29.3 Å². The second kappa shape index (κ2) is 8.07. The Morgan fingerprint density at radius 3 is 2.04 bits per heavy atom. The number of hydrogen-bond acceptors (Lipinski definition) is 5. The molecule has 1 aromatic carbocycles. The Morgan fingerprint density at radius 1 is 1.09 bits per heavy atom. The van der Waals surface area contributed by atoms with Crippen molar-refractivity contribution < 1.29 is 22.7 Å². The molecule has 1 amide bonds. The number of carbonyl (C=O) groups excluding carboxylic acids is 2. The number of sulfonamides is 1. The molecule has 0 saturated heterocycles. The fourth-order valence-electron chi connectivity index (χ4n) is 2.16. The van der Waals surface area contributed by atoms with Crippen LogP contribution in [0.4, 0.5) is 0 Å². The van der Waals surface area contributed by atoms with Gasteiger partial charge in [-0.05, 0) is 31.0 Å². The van der Waals surface area contributed by atoms with Crippen LogP contribution in [0, 0.1) is 0 Å². The van der Waals surface area contributed by atoms with Crippen molar-refractivity contribution in [2.45, 2.75) is 31.6 Å². The molecule has 0 aliphatic carbocycles. The molecular weight excluding hydrogens is 320 g/mol. The van der Waals surface area contributed by atoms with E-state index in [4.69, 9.17) is 5.14 Å². The lowest BCUT2D eigenvalue weighted by molar-refractivity contribution is 0.0600. The highest BCUT2D eigenvalue weighted by atomic mass is 32.2. The quantitative estimate of drug-likeness (QED) is 0.753. The van der Waals surface area contributed by atoms with Gasteiger partial charge in [-0.1, -0.05) is 13.8 Å². The molecule has 128 valence electrons. The van der Waals surface area contributed by atoms with Crippen molar-refractivity contribution >= 4 is 21.9 Å². The number of primary sulfonamides is 1. The number of nitrogens with zero attached hydrogens (tertiary/aromatic N) is 1. The monoisotopic (exact) mass is 342 g/mol. The van der Waals surface area contributed by atoms with E-state index in [-0.39, 0.29) is 21.9 Å². The molecule has 0 unspecified atom stereocenters. The van der Waals surface area contributed by atoms with E-state index in [0.29, 0.717) is 13.1 Å². The molecular formula is C15H22N2O5S. The first-order chi connectivity index (χ1) is 10.7. The van der Waals surface area contributed by atoms with E-state index in [1.165, 1.54) is 19.2 Å². The summed E-state index contributed by atoms with van der Waals surface area (Å²) in [5.41, 5.74) is 0.0640. The first-order valence-electron chi connectivity index (χ1n) is 7.30. The number of esters is 1. The molecule has 7 nitrogen and oxygen atoms in total. The van der Waals surface area contributed by atoms with Gasteiger partial charge in [0.1, 0.15) is 0 Å². The van der Waals surface area contributed by atoms with Crippen molar-refractivity contribution in [2.75, 3.05) is 20.2 Å². The number of benzene rings is 1. The Balaban J connectivity index is 3.38. The molecule has 0 aliphatic rings. The summed E-state index contributed by atoms with van der Waals surface area (Å²) in [6.45, 7) is 4.97. The zero-order valence-electron chi connectivity index (χ0n) is 13.5. The van der Waals surface area contributed by atoms with Gasteiger partial charge < -0.3 is 9.64 Å². The molecule has 0 saturated carbocycles. The lowest BCUT2D eigenvalue weighted by Crippen LogP contribution is -2.32. The molecule has 1 rings (SSSR count). The minimum absolute atomic E-state index is 0.0321. The molecule has 0 heterocycles. The number of ether oxygens (including phenoxy) is 1. The summed E-state index contributed by atoms with van der Waals surface area (Å²) in [6.07, 6.45) is 1.54. The molecule has 0 aliphatic heterocycles. The van der Waals surface area contributed by atoms with Gasteiger partial charge in [0, 0.05) is 18.7 Å². The first-order valence-corrected chi connectivity index (χ1v) is 8.84. The van der Waals surface area contributed by atoms with E-state index in [1.807, 2.05) is 13.8 Å². The Bertz CT molecular complexity index is 679. The summed E-state index contributed by atoms with van der Waals surface area (Å²) in [5.74, 6) is -1.08. The van der Waals surface area contributed by atoms with Crippen molar-refractivity contribution in [2.24, 2.45) is 5.14 Å². The number of hydrogen-bond donors (Lipinski definition) is 1. The van der Waals surface area contributed by atoms with Crippen LogP contribution in [0.15, 0.2) is 23.1 Å². The summed E-state index contributed by atoms with van der Waals surface area (Å²) in [5, 5.41) is 5.12. The van der Waals surface area contributed by atoms with E-state index in [0.717, 1.165) is 18.9 Å². The number of carbonyl (C=O) groups is 2. The fourth-order valence-corrected chi connectivity index (χ4v) is 2.74. The highest BCUT2D eigenvalue weighted by Crippen LogP contribution is 2.17. The van der Waals surface area contributed by atoms with Gasteiger partial charge in [0.25, 0.3) is 5.91 Å². The van der Waals surface area contributed by atoms with Crippen LogP contribution in [-0.2, 0) is 14.8 Å². The molecule has 1 aromatic rings. The van der Waals surface area contributed by atoms with E-state index >= 15 is 0 Å². The van der Waals surface area contributed by atoms with Crippen LogP contribution in [-0.4, -0.2) is 45.4 Å². The second-order valence-corrected chi connectivity index (χ2v) is 6.64.